The number of nitrogens with zero attached hydrogens (tertiary/aromatic N) is 1. The van der Waals surface area contributed by atoms with Gasteiger partial charge in [-0.25, -0.2) is 13.2 Å². The minimum atomic E-state index is -4.04. The quantitative estimate of drug-likeness (QED) is 0.665. The summed E-state index contributed by atoms with van der Waals surface area (Å²) in [6, 6.07) is 0. The zero-order chi connectivity index (χ0) is 14.2. The molecule has 1 unspecified atom stereocenters. The molecule has 1 atom stereocenters. The molecule has 1 aliphatic rings. The fourth-order valence-corrected chi connectivity index (χ4v) is 3.00. The van der Waals surface area contributed by atoms with Crippen molar-refractivity contribution in [3.8, 4) is 0 Å². The van der Waals surface area contributed by atoms with Crippen molar-refractivity contribution in [2.45, 2.75) is 50.0 Å². The summed E-state index contributed by atoms with van der Waals surface area (Å²) in [4.78, 5) is 11.7. The van der Waals surface area contributed by atoms with Crippen LogP contribution in [-0.4, -0.2) is 30.7 Å². The maximum absolute atomic E-state index is 11.9. The zero-order valence-corrected chi connectivity index (χ0v) is 12.2. The van der Waals surface area contributed by atoms with E-state index in [0.29, 0.717) is 12.1 Å². The number of H-pyrrole nitrogens is 1. The standard InChI is InChI=1S/C11H15ClN2O4S/c1-3-6(2)18-11(15)9-10(19(12,16)17)8(13-14-9)7-4-5-7/h6-7H,3-5H2,1-2H3,(H,13,14). The minimum Gasteiger partial charge on any atom is -0.458 e. The van der Waals surface area contributed by atoms with Gasteiger partial charge in [0.15, 0.2) is 5.69 Å². The van der Waals surface area contributed by atoms with Crippen molar-refractivity contribution < 1.29 is 17.9 Å². The summed E-state index contributed by atoms with van der Waals surface area (Å²) >= 11 is 0. The van der Waals surface area contributed by atoms with Crippen LogP contribution in [0.25, 0.3) is 0 Å². The molecular formula is C11H15ClN2O4S. The Labute approximate surface area is 115 Å². The first kappa shape index (κ1) is 14.3. The number of rotatable bonds is 5. The lowest BCUT2D eigenvalue weighted by atomic mass is 10.2. The van der Waals surface area contributed by atoms with E-state index in [9.17, 15) is 13.2 Å². The third kappa shape index (κ3) is 3.09. The van der Waals surface area contributed by atoms with Gasteiger partial charge in [0.1, 0.15) is 4.90 Å². The fraction of sp³-hybridized carbons (Fsp3) is 0.636. The first-order chi connectivity index (χ1) is 8.84. The molecule has 8 heteroatoms. The van der Waals surface area contributed by atoms with E-state index >= 15 is 0 Å². The summed E-state index contributed by atoms with van der Waals surface area (Å²) in [5.74, 6) is -0.683. The molecule has 0 radical (unpaired) electrons. The van der Waals surface area contributed by atoms with Crippen LogP contribution >= 0.6 is 10.7 Å². The Morgan fingerprint density at radius 3 is 2.68 bits per heavy atom. The Morgan fingerprint density at radius 2 is 2.21 bits per heavy atom. The number of halogens is 1. The Balaban J connectivity index is 2.38. The second kappa shape index (κ2) is 5.13. The first-order valence-corrected chi connectivity index (χ1v) is 8.39. The predicted molar refractivity (Wildman–Crippen MR) is 68.8 cm³/mol. The van der Waals surface area contributed by atoms with Gasteiger partial charge in [0.05, 0.1) is 11.8 Å². The van der Waals surface area contributed by atoms with Crippen LogP contribution in [0, 0.1) is 0 Å². The van der Waals surface area contributed by atoms with Crippen LogP contribution in [0.15, 0.2) is 4.90 Å². The summed E-state index contributed by atoms with van der Waals surface area (Å²) < 4.78 is 28.3. The SMILES string of the molecule is CCC(C)OC(=O)c1n[nH]c(C2CC2)c1S(=O)(=O)Cl. The maximum Gasteiger partial charge on any atom is 0.360 e. The Bertz CT molecular complexity index is 592. The van der Waals surface area contributed by atoms with Gasteiger partial charge in [-0.3, -0.25) is 5.10 Å². The van der Waals surface area contributed by atoms with Crippen LogP contribution in [0.2, 0.25) is 0 Å². The first-order valence-electron chi connectivity index (χ1n) is 6.08. The highest BCUT2D eigenvalue weighted by Crippen LogP contribution is 2.43. The fourth-order valence-electron chi connectivity index (χ4n) is 1.70. The minimum absolute atomic E-state index is 0.0844. The number of carbonyl (C=O) groups excluding carboxylic acids is 1. The smallest absolute Gasteiger partial charge is 0.360 e. The average Bonchev–Trinajstić information content (AvgIpc) is 3.05. The predicted octanol–water partition coefficient (Wildman–Crippen LogP) is 2.17. The van der Waals surface area contributed by atoms with Gasteiger partial charge in [0.25, 0.3) is 9.05 Å². The van der Waals surface area contributed by atoms with E-state index in [1.807, 2.05) is 6.92 Å². The lowest BCUT2D eigenvalue weighted by Gasteiger charge is -2.09. The molecule has 19 heavy (non-hydrogen) atoms. The van der Waals surface area contributed by atoms with Gasteiger partial charge < -0.3 is 4.74 Å². The number of hydrogen-bond donors (Lipinski definition) is 1. The third-order valence-corrected chi connectivity index (χ3v) is 4.42. The molecular weight excluding hydrogens is 292 g/mol. The van der Waals surface area contributed by atoms with Crippen molar-refractivity contribution >= 4 is 25.7 Å². The van der Waals surface area contributed by atoms with Crippen molar-refractivity contribution in [1.82, 2.24) is 10.2 Å². The number of ether oxygens (including phenoxy) is 1. The Kier molecular flexibility index (Phi) is 3.87. The second-order valence-electron chi connectivity index (χ2n) is 4.65. The van der Waals surface area contributed by atoms with Crippen molar-refractivity contribution in [2.24, 2.45) is 0 Å². The molecule has 6 nitrogen and oxygen atoms in total. The van der Waals surface area contributed by atoms with Crippen molar-refractivity contribution in [3.05, 3.63) is 11.4 Å². The van der Waals surface area contributed by atoms with Crippen LogP contribution in [0.4, 0.5) is 0 Å². The molecule has 0 spiro atoms. The maximum atomic E-state index is 11.9. The van der Waals surface area contributed by atoms with Gasteiger partial charge in [-0.2, -0.15) is 5.10 Å². The van der Waals surface area contributed by atoms with Gasteiger partial charge in [0.2, 0.25) is 0 Å². The molecule has 1 fully saturated rings. The van der Waals surface area contributed by atoms with Gasteiger partial charge in [-0.1, -0.05) is 6.92 Å². The lowest BCUT2D eigenvalue weighted by Crippen LogP contribution is -2.16. The summed E-state index contributed by atoms with van der Waals surface area (Å²) in [6.07, 6.45) is 2.05. The van der Waals surface area contributed by atoms with E-state index in [-0.39, 0.29) is 22.6 Å². The lowest BCUT2D eigenvalue weighted by molar-refractivity contribution is 0.0323. The summed E-state index contributed by atoms with van der Waals surface area (Å²) in [6.45, 7) is 3.58. The van der Waals surface area contributed by atoms with Crippen LogP contribution in [0.1, 0.15) is 55.2 Å². The van der Waals surface area contributed by atoms with E-state index in [2.05, 4.69) is 10.2 Å². The average molecular weight is 307 g/mol. The van der Waals surface area contributed by atoms with Gasteiger partial charge in [-0.15, -0.1) is 0 Å². The molecule has 1 heterocycles. The van der Waals surface area contributed by atoms with Crippen molar-refractivity contribution in [2.75, 3.05) is 0 Å². The molecule has 106 valence electrons. The zero-order valence-electron chi connectivity index (χ0n) is 10.6. The molecule has 0 saturated heterocycles. The summed E-state index contributed by atoms with van der Waals surface area (Å²) in [7, 11) is 1.37. The topological polar surface area (TPSA) is 89.1 Å². The van der Waals surface area contributed by atoms with E-state index in [4.69, 9.17) is 15.4 Å². The number of aromatic amines is 1. The number of aromatic nitrogens is 2. The van der Waals surface area contributed by atoms with Gasteiger partial charge >= 0.3 is 5.97 Å². The monoisotopic (exact) mass is 306 g/mol. The molecule has 1 aromatic rings. The van der Waals surface area contributed by atoms with E-state index in [1.165, 1.54) is 0 Å². The van der Waals surface area contributed by atoms with E-state index < -0.39 is 15.0 Å². The molecule has 1 N–H and O–H groups in total. The summed E-state index contributed by atoms with van der Waals surface area (Å²) in [5.41, 5.74) is 0.156. The van der Waals surface area contributed by atoms with Crippen molar-refractivity contribution in [3.63, 3.8) is 0 Å². The highest BCUT2D eigenvalue weighted by atomic mass is 35.7. The van der Waals surface area contributed by atoms with Crippen LogP contribution in [-0.2, 0) is 13.8 Å². The van der Waals surface area contributed by atoms with Crippen molar-refractivity contribution in [1.29, 1.82) is 0 Å². The van der Waals surface area contributed by atoms with Crippen LogP contribution in [0.3, 0.4) is 0 Å². The molecule has 1 aliphatic carbocycles. The third-order valence-electron chi connectivity index (χ3n) is 3.05. The molecule has 0 amide bonds. The van der Waals surface area contributed by atoms with Crippen LogP contribution < -0.4 is 0 Å². The number of hydrogen-bond acceptors (Lipinski definition) is 5. The highest BCUT2D eigenvalue weighted by Gasteiger charge is 2.37. The largest absolute Gasteiger partial charge is 0.458 e. The number of nitrogens with one attached hydrogen (secondary N) is 1. The number of carbonyl (C=O) groups is 1. The van der Waals surface area contributed by atoms with E-state index in [1.54, 1.807) is 6.92 Å². The highest BCUT2D eigenvalue weighted by molar-refractivity contribution is 8.13. The molecule has 1 aromatic heterocycles. The molecule has 0 aromatic carbocycles. The molecule has 1 saturated carbocycles. The Morgan fingerprint density at radius 1 is 1.58 bits per heavy atom. The molecule has 0 aliphatic heterocycles. The normalized spacial score (nSPS) is 17.2. The molecule has 2 rings (SSSR count). The van der Waals surface area contributed by atoms with Crippen LogP contribution in [0.5, 0.6) is 0 Å². The van der Waals surface area contributed by atoms with Gasteiger partial charge in [0, 0.05) is 16.6 Å². The summed E-state index contributed by atoms with van der Waals surface area (Å²) in [5, 5.41) is 6.37. The molecule has 0 bridgehead atoms. The van der Waals surface area contributed by atoms with Gasteiger partial charge in [-0.05, 0) is 26.2 Å². The Hall–Kier alpha value is -1.08. The second-order valence-corrected chi connectivity index (χ2v) is 7.15. The number of esters is 1. The van der Waals surface area contributed by atoms with E-state index in [0.717, 1.165) is 12.8 Å².